The molecule has 0 saturated carbocycles. The molecule has 0 radical (unpaired) electrons. The van der Waals surface area contributed by atoms with Crippen LogP contribution in [0.15, 0.2) is 119 Å². The molecule has 10 heteroatoms. The fourth-order valence-corrected chi connectivity index (χ4v) is 6.83. The lowest BCUT2D eigenvalue weighted by Crippen LogP contribution is -2.54. The Morgan fingerprint density at radius 2 is 1.48 bits per heavy atom. The van der Waals surface area contributed by atoms with Crippen LogP contribution in [0.4, 0.5) is 5.69 Å². The van der Waals surface area contributed by atoms with E-state index in [0.29, 0.717) is 24.5 Å². The molecule has 4 aromatic rings. The first-order chi connectivity index (χ1) is 22.1. The summed E-state index contributed by atoms with van der Waals surface area (Å²) in [6, 6.07) is 30.6. The van der Waals surface area contributed by atoms with Gasteiger partial charge in [-0.3, -0.25) is 13.9 Å². The molecular formula is C36H40BrN3O5S. The summed E-state index contributed by atoms with van der Waals surface area (Å²) < 4.78 is 35.7. The van der Waals surface area contributed by atoms with Gasteiger partial charge in [-0.05, 0) is 79.9 Å². The van der Waals surface area contributed by atoms with Gasteiger partial charge >= 0.3 is 0 Å². The van der Waals surface area contributed by atoms with Gasteiger partial charge in [-0.2, -0.15) is 0 Å². The molecule has 0 heterocycles. The predicted octanol–water partition coefficient (Wildman–Crippen LogP) is 6.60. The van der Waals surface area contributed by atoms with Crippen molar-refractivity contribution >= 4 is 43.5 Å². The fraction of sp³-hybridized carbons (Fsp3) is 0.278. The SMILES string of the molecule is CCOc1ccc(N(CC(=O)N(Cc2cccc(Br)c2)[C@H](Cc2ccccc2)C(=O)N[C@@H](C)CC)S(=O)(=O)c2ccccc2)cc1. The third-order valence-corrected chi connectivity index (χ3v) is 9.84. The summed E-state index contributed by atoms with van der Waals surface area (Å²) in [6.45, 7) is 5.77. The number of ether oxygens (including phenoxy) is 1. The largest absolute Gasteiger partial charge is 0.494 e. The Hall–Kier alpha value is -4.15. The highest BCUT2D eigenvalue weighted by molar-refractivity contribution is 9.10. The second-order valence-corrected chi connectivity index (χ2v) is 13.7. The third-order valence-electron chi connectivity index (χ3n) is 7.56. The van der Waals surface area contributed by atoms with Gasteiger partial charge in [-0.1, -0.05) is 83.5 Å². The van der Waals surface area contributed by atoms with Gasteiger partial charge in [0.2, 0.25) is 11.8 Å². The molecule has 0 fully saturated rings. The molecule has 0 aromatic heterocycles. The minimum Gasteiger partial charge on any atom is -0.494 e. The summed E-state index contributed by atoms with van der Waals surface area (Å²) in [5.74, 6) is -0.246. The van der Waals surface area contributed by atoms with Gasteiger partial charge in [-0.15, -0.1) is 0 Å². The first-order valence-corrected chi connectivity index (χ1v) is 17.5. The normalized spacial score (nSPS) is 12.5. The van der Waals surface area contributed by atoms with Crippen LogP contribution in [0.2, 0.25) is 0 Å². The van der Waals surface area contributed by atoms with Gasteiger partial charge in [0.15, 0.2) is 0 Å². The Bertz CT molecular complexity index is 1690. The van der Waals surface area contributed by atoms with Gasteiger partial charge in [0.05, 0.1) is 17.2 Å². The molecule has 1 N–H and O–H groups in total. The summed E-state index contributed by atoms with van der Waals surface area (Å²) in [4.78, 5) is 30.0. The van der Waals surface area contributed by atoms with E-state index < -0.39 is 28.5 Å². The highest BCUT2D eigenvalue weighted by Gasteiger charge is 2.35. The average molecular weight is 707 g/mol. The Morgan fingerprint density at radius 3 is 2.09 bits per heavy atom. The van der Waals surface area contributed by atoms with Crippen LogP contribution in [0.25, 0.3) is 0 Å². The lowest BCUT2D eigenvalue weighted by atomic mass is 10.0. The molecule has 2 amide bonds. The maximum absolute atomic E-state index is 14.6. The molecule has 0 aliphatic rings. The van der Waals surface area contributed by atoms with Crippen molar-refractivity contribution in [1.29, 1.82) is 0 Å². The van der Waals surface area contributed by atoms with E-state index in [9.17, 15) is 18.0 Å². The molecule has 4 aromatic carbocycles. The highest BCUT2D eigenvalue weighted by Crippen LogP contribution is 2.27. The zero-order chi connectivity index (χ0) is 33.1. The minimum atomic E-state index is -4.18. The number of hydrogen-bond donors (Lipinski definition) is 1. The van der Waals surface area contributed by atoms with E-state index in [1.54, 1.807) is 42.5 Å². The second kappa shape index (κ2) is 16.4. The first kappa shape index (κ1) is 34.7. The number of hydrogen-bond acceptors (Lipinski definition) is 5. The highest BCUT2D eigenvalue weighted by atomic mass is 79.9. The van der Waals surface area contributed by atoms with Crippen molar-refractivity contribution in [3.05, 3.63) is 125 Å². The van der Waals surface area contributed by atoms with Crippen LogP contribution in [0.5, 0.6) is 5.75 Å². The minimum absolute atomic E-state index is 0.0468. The number of carbonyl (C=O) groups is 2. The van der Waals surface area contributed by atoms with Crippen molar-refractivity contribution in [3.8, 4) is 5.75 Å². The van der Waals surface area contributed by atoms with Crippen LogP contribution in [0.3, 0.4) is 0 Å². The Labute approximate surface area is 280 Å². The van der Waals surface area contributed by atoms with Crippen LogP contribution >= 0.6 is 15.9 Å². The van der Waals surface area contributed by atoms with Gasteiger partial charge < -0.3 is 15.0 Å². The maximum atomic E-state index is 14.6. The van der Waals surface area contributed by atoms with Crippen LogP contribution in [0.1, 0.15) is 38.3 Å². The first-order valence-electron chi connectivity index (χ1n) is 15.3. The van der Waals surface area contributed by atoms with Gasteiger partial charge in [0, 0.05) is 23.5 Å². The van der Waals surface area contributed by atoms with Crippen molar-refractivity contribution in [2.24, 2.45) is 0 Å². The molecule has 0 unspecified atom stereocenters. The average Bonchev–Trinajstić information content (AvgIpc) is 3.06. The number of sulfonamides is 1. The van der Waals surface area contributed by atoms with Crippen molar-refractivity contribution in [3.63, 3.8) is 0 Å². The van der Waals surface area contributed by atoms with E-state index in [4.69, 9.17) is 4.74 Å². The molecule has 46 heavy (non-hydrogen) atoms. The van der Waals surface area contributed by atoms with Crippen molar-refractivity contribution in [1.82, 2.24) is 10.2 Å². The molecule has 0 saturated heterocycles. The lowest BCUT2D eigenvalue weighted by molar-refractivity contribution is -0.140. The van der Waals surface area contributed by atoms with E-state index in [1.165, 1.54) is 17.0 Å². The molecule has 2 atom stereocenters. The number of rotatable bonds is 15. The van der Waals surface area contributed by atoms with E-state index in [-0.39, 0.29) is 29.8 Å². The maximum Gasteiger partial charge on any atom is 0.264 e. The quantitative estimate of drug-likeness (QED) is 0.150. The van der Waals surface area contributed by atoms with E-state index in [2.05, 4.69) is 21.2 Å². The Kier molecular flexibility index (Phi) is 12.4. The fourth-order valence-electron chi connectivity index (χ4n) is 4.95. The van der Waals surface area contributed by atoms with Crippen LogP contribution < -0.4 is 14.4 Å². The molecule has 0 aliphatic carbocycles. The zero-order valence-electron chi connectivity index (χ0n) is 26.3. The van der Waals surface area contributed by atoms with E-state index >= 15 is 0 Å². The Balaban J connectivity index is 1.80. The third kappa shape index (κ3) is 9.20. The summed E-state index contributed by atoms with van der Waals surface area (Å²) in [5.41, 5.74) is 1.96. The summed E-state index contributed by atoms with van der Waals surface area (Å²) in [5, 5.41) is 3.05. The number of anilines is 1. The standard InChI is InChI=1S/C36H40BrN3O5S/c1-4-27(3)38-36(42)34(24-28-13-8-6-9-14-28)39(25-29-15-12-16-30(37)23-29)35(41)26-40(31-19-21-32(22-20-31)45-5-2)46(43,44)33-17-10-7-11-18-33/h6-23,27,34H,4-5,24-26H2,1-3H3,(H,38,42)/t27-,34+/m0/s1. The zero-order valence-corrected chi connectivity index (χ0v) is 28.7. The van der Waals surface area contributed by atoms with Crippen LogP contribution in [0, 0.1) is 0 Å². The topological polar surface area (TPSA) is 96.0 Å². The second-order valence-electron chi connectivity index (χ2n) is 10.9. The van der Waals surface area contributed by atoms with E-state index in [1.807, 2.05) is 75.4 Å². The van der Waals surface area contributed by atoms with Crippen LogP contribution in [-0.2, 0) is 32.6 Å². The number of nitrogens with one attached hydrogen (secondary N) is 1. The van der Waals surface area contributed by atoms with Crippen molar-refractivity contribution in [2.45, 2.75) is 57.1 Å². The van der Waals surface area contributed by atoms with Gasteiger partial charge in [0.1, 0.15) is 18.3 Å². The molecular weight excluding hydrogens is 666 g/mol. The van der Waals surface area contributed by atoms with Gasteiger partial charge in [0.25, 0.3) is 10.0 Å². The molecule has 4 rings (SSSR count). The molecule has 0 aliphatic heterocycles. The van der Waals surface area contributed by atoms with Crippen molar-refractivity contribution in [2.75, 3.05) is 17.5 Å². The number of nitrogens with zero attached hydrogens (tertiary/aromatic N) is 2. The van der Waals surface area contributed by atoms with Crippen molar-refractivity contribution < 1.29 is 22.7 Å². The smallest absolute Gasteiger partial charge is 0.264 e. The number of carbonyl (C=O) groups excluding carboxylic acids is 2. The lowest BCUT2D eigenvalue weighted by Gasteiger charge is -2.34. The Morgan fingerprint density at radius 1 is 0.848 bits per heavy atom. The van der Waals surface area contributed by atoms with E-state index in [0.717, 1.165) is 19.9 Å². The summed E-state index contributed by atoms with van der Waals surface area (Å²) in [7, 11) is -4.18. The number of benzene rings is 4. The molecule has 242 valence electrons. The predicted molar refractivity (Wildman–Crippen MR) is 185 cm³/mol. The summed E-state index contributed by atoms with van der Waals surface area (Å²) in [6.07, 6.45) is 0.960. The van der Waals surface area contributed by atoms with Gasteiger partial charge in [-0.25, -0.2) is 8.42 Å². The van der Waals surface area contributed by atoms with Crippen LogP contribution in [-0.4, -0.2) is 50.4 Å². The summed E-state index contributed by atoms with van der Waals surface area (Å²) >= 11 is 3.51. The number of halogens is 1. The number of amides is 2. The molecule has 0 spiro atoms. The molecule has 0 bridgehead atoms. The monoisotopic (exact) mass is 705 g/mol. The molecule has 8 nitrogen and oxygen atoms in total.